The highest BCUT2D eigenvalue weighted by Crippen LogP contribution is 2.45. The van der Waals surface area contributed by atoms with Gasteiger partial charge in [-0.2, -0.15) is 0 Å². The lowest BCUT2D eigenvalue weighted by Gasteiger charge is -2.43. The Balaban J connectivity index is 2.70. The molecule has 2 rings (SSSR count). The lowest BCUT2D eigenvalue weighted by molar-refractivity contribution is -0.180. The van der Waals surface area contributed by atoms with Crippen LogP contribution in [0.15, 0.2) is 60.7 Å². The Bertz CT molecular complexity index is 647. The standard InChI is InChI=1S/C20H22O4/c1-15(21)13-19(23,17-9-5-3-6-10-17)20(24,14-16(2)22)18-11-7-4-8-12-18/h3-12,23-24H,13-14H2,1-2H3. The van der Waals surface area contributed by atoms with E-state index in [2.05, 4.69) is 0 Å². The normalized spacial score (nSPS) is 16.0. The first kappa shape index (κ1) is 18.0. The first-order valence-corrected chi connectivity index (χ1v) is 7.84. The minimum atomic E-state index is -1.91. The summed E-state index contributed by atoms with van der Waals surface area (Å²) in [6.07, 6.45) is -0.592. The highest BCUT2D eigenvalue weighted by Gasteiger charge is 2.52. The maximum Gasteiger partial charge on any atom is 0.133 e. The summed E-state index contributed by atoms with van der Waals surface area (Å²) in [4.78, 5) is 23.7. The predicted molar refractivity (Wildman–Crippen MR) is 91.3 cm³/mol. The Morgan fingerprint density at radius 1 is 0.708 bits per heavy atom. The fourth-order valence-electron chi connectivity index (χ4n) is 3.12. The Morgan fingerprint density at radius 3 is 1.25 bits per heavy atom. The molecule has 0 aliphatic heterocycles. The number of carbonyl (C=O) groups excluding carboxylic acids is 2. The molecule has 0 saturated heterocycles. The summed E-state index contributed by atoms with van der Waals surface area (Å²) < 4.78 is 0. The van der Waals surface area contributed by atoms with Crippen LogP contribution in [-0.4, -0.2) is 21.8 Å². The number of benzene rings is 2. The van der Waals surface area contributed by atoms with Crippen LogP contribution in [0.2, 0.25) is 0 Å². The van der Waals surface area contributed by atoms with Crippen molar-refractivity contribution in [3.05, 3.63) is 71.8 Å². The first-order valence-electron chi connectivity index (χ1n) is 7.84. The number of aliphatic hydroxyl groups is 2. The summed E-state index contributed by atoms with van der Waals surface area (Å²) in [6, 6.07) is 17.1. The Hall–Kier alpha value is -2.30. The van der Waals surface area contributed by atoms with Crippen LogP contribution >= 0.6 is 0 Å². The third-order valence-corrected chi connectivity index (χ3v) is 4.20. The average Bonchev–Trinajstić information content (AvgIpc) is 2.55. The molecule has 24 heavy (non-hydrogen) atoms. The molecule has 0 bridgehead atoms. The topological polar surface area (TPSA) is 74.6 Å². The third kappa shape index (κ3) is 3.45. The number of Topliss-reactive ketones (excluding diaryl/α,β-unsaturated/α-hetero) is 2. The van der Waals surface area contributed by atoms with E-state index in [1.165, 1.54) is 13.8 Å². The summed E-state index contributed by atoms with van der Waals surface area (Å²) in [5.74, 6) is -0.557. The van der Waals surface area contributed by atoms with Gasteiger partial charge in [0, 0.05) is 12.8 Å². The molecule has 2 N–H and O–H groups in total. The number of hydrogen-bond donors (Lipinski definition) is 2. The molecule has 0 aliphatic carbocycles. The Morgan fingerprint density at radius 2 is 1.00 bits per heavy atom. The Labute approximate surface area is 141 Å². The van der Waals surface area contributed by atoms with Gasteiger partial charge in [-0.05, 0) is 25.0 Å². The zero-order valence-corrected chi connectivity index (χ0v) is 13.9. The van der Waals surface area contributed by atoms with E-state index in [9.17, 15) is 19.8 Å². The molecule has 4 heteroatoms. The molecule has 0 fully saturated rings. The molecule has 0 aromatic heterocycles. The fraction of sp³-hybridized carbons (Fsp3) is 0.300. The molecular weight excluding hydrogens is 304 g/mol. The van der Waals surface area contributed by atoms with E-state index >= 15 is 0 Å². The fourth-order valence-corrected chi connectivity index (χ4v) is 3.12. The SMILES string of the molecule is CC(=O)CC(O)(c1ccccc1)C(O)(CC(C)=O)c1ccccc1. The van der Waals surface area contributed by atoms with Crippen molar-refractivity contribution in [2.75, 3.05) is 0 Å². The van der Waals surface area contributed by atoms with Gasteiger partial charge in [-0.3, -0.25) is 9.59 Å². The van der Waals surface area contributed by atoms with Crippen LogP contribution in [0, 0.1) is 0 Å². The molecule has 2 atom stereocenters. The van der Waals surface area contributed by atoms with Gasteiger partial charge in [-0.1, -0.05) is 60.7 Å². The van der Waals surface area contributed by atoms with Gasteiger partial charge in [0.15, 0.2) is 0 Å². The van der Waals surface area contributed by atoms with Gasteiger partial charge in [0.25, 0.3) is 0 Å². The van der Waals surface area contributed by atoms with Crippen molar-refractivity contribution in [1.29, 1.82) is 0 Å². The van der Waals surface area contributed by atoms with Crippen molar-refractivity contribution in [3.63, 3.8) is 0 Å². The number of rotatable bonds is 7. The summed E-state index contributed by atoms with van der Waals surface area (Å²) >= 11 is 0. The van der Waals surface area contributed by atoms with Crippen molar-refractivity contribution < 1.29 is 19.8 Å². The van der Waals surface area contributed by atoms with Crippen LogP contribution < -0.4 is 0 Å². The maximum atomic E-state index is 11.8. The molecule has 2 unspecified atom stereocenters. The maximum absolute atomic E-state index is 11.8. The molecule has 126 valence electrons. The van der Waals surface area contributed by atoms with Crippen molar-refractivity contribution in [2.45, 2.75) is 37.9 Å². The minimum Gasteiger partial charge on any atom is -0.381 e. The summed E-state index contributed by atoms with van der Waals surface area (Å²) in [5.41, 5.74) is -3.03. The van der Waals surface area contributed by atoms with Crippen LogP contribution in [0.4, 0.5) is 0 Å². The highest BCUT2D eigenvalue weighted by atomic mass is 16.4. The second-order valence-corrected chi connectivity index (χ2v) is 6.21. The van der Waals surface area contributed by atoms with Crippen molar-refractivity contribution >= 4 is 11.6 Å². The lowest BCUT2D eigenvalue weighted by atomic mass is 9.68. The van der Waals surface area contributed by atoms with Gasteiger partial charge in [0.1, 0.15) is 22.8 Å². The second-order valence-electron chi connectivity index (χ2n) is 6.21. The molecule has 0 heterocycles. The van der Waals surface area contributed by atoms with Crippen molar-refractivity contribution in [3.8, 4) is 0 Å². The van der Waals surface area contributed by atoms with E-state index in [1.807, 2.05) is 0 Å². The predicted octanol–water partition coefficient (Wildman–Crippen LogP) is 2.72. The van der Waals surface area contributed by atoms with E-state index in [-0.39, 0.29) is 24.4 Å². The molecule has 0 amide bonds. The smallest absolute Gasteiger partial charge is 0.133 e. The number of carbonyl (C=O) groups is 2. The van der Waals surface area contributed by atoms with Crippen LogP contribution in [0.1, 0.15) is 37.8 Å². The molecule has 2 aromatic carbocycles. The number of ketones is 2. The Kier molecular flexibility index (Phi) is 5.32. The molecular formula is C20H22O4. The number of hydrogen-bond acceptors (Lipinski definition) is 4. The zero-order chi connectivity index (χ0) is 17.8. The minimum absolute atomic E-state index is 0.278. The van der Waals surface area contributed by atoms with Gasteiger partial charge >= 0.3 is 0 Å². The average molecular weight is 326 g/mol. The van der Waals surface area contributed by atoms with Gasteiger partial charge in [0.05, 0.1) is 0 Å². The largest absolute Gasteiger partial charge is 0.381 e. The van der Waals surface area contributed by atoms with Gasteiger partial charge in [-0.25, -0.2) is 0 Å². The molecule has 0 saturated carbocycles. The van der Waals surface area contributed by atoms with E-state index in [4.69, 9.17) is 0 Å². The van der Waals surface area contributed by atoms with E-state index in [0.717, 1.165) is 0 Å². The molecule has 0 radical (unpaired) electrons. The van der Waals surface area contributed by atoms with Crippen LogP contribution in [0.25, 0.3) is 0 Å². The molecule has 4 nitrogen and oxygen atoms in total. The van der Waals surface area contributed by atoms with Gasteiger partial charge in [0.2, 0.25) is 0 Å². The van der Waals surface area contributed by atoms with E-state index in [1.54, 1.807) is 60.7 Å². The van der Waals surface area contributed by atoms with Crippen molar-refractivity contribution in [1.82, 2.24) is 0 Å². The van der Waals surface area contributed by atoms with Crippen LogP contribution in [0.3, 0.4) is 0 Å². The van der Waals surface area contributed by atoms with E-state index in [0.29, 0.717) is 11.1 Å². The van der Waals surface area contributed by atoms with Gasteiger partial charge in [-0.15, -0.1) is 0 Å². The lowest BCUT2D eigenvalue weighted by Crippen LogP contribution is -2.51. The van der Waals surface area contributed by atoms with Gasteiger partial charge < -0.3 is 10.2 Å². The summed E-state index contributed by atoms with van der Waals surface area (Å²) in [7, 11) is 0. The third-order valence-electron chi connectivity index (χ3n) is 4.20. The molecule has 0 aliphatic rings. The van der Waals surface area contributed by atoms with E-state index < -0.39 is 11.2 Å². The first-order chi connectivity index (χ1) is 11.3. The monoisotopic (exact) mass is 326 g/mol. The van der Waals surface area contributed by atoms with Crippen LogP contribution in [-0.2, 0) is 20.8 Å². The van der Waals surface area contributed by atoms with Crippen molar-refractivity contribution in [2.24, 2.45) is 0 Å². The van der Waals surface area contributed by atoms with Crippen LogP contribution in [0.5, 0.6) is 0 Å². The molecule has 2 aromatic rings. The second kappa shape index (κ2) is 7.07. The zero-order valence-electron chi connectivity index (χ0n) is 13.9. The quantitative estimate of drug-likeness (QED) is 0.820. The summed E-state index contributed by atoms with van der Waals surface area (Å²) in [5, 5.41) is 22.9. The summed E-state index contributed by atoms with van der Waals surface area (Å²) in [6.45, 7) is 2.71. The molecule has 0 spiro atoms. The highest BCUT2D eigenvalue weighted by molar-refractivity contribution is 5.79.